The number of rotatable bonds is 3. The lowest BCUT2D eigenvalue weighted by Gasteiger charge is -2.09. The normalized spacial score (nSPS) is 10.9. The molecular formula is C15H10F3N3O. The zero-order chi connectivity index (χ0) is 15.7. The minimum absolute atomic E-state index is 0.0637. The molecule has 112 valence electrons. The van der Waals surface area contributed by atoms with Crippen molar-refractivity contribution in [3.63, 3.8) is 0 Å². The lowest BCUT2D eigenvalue weighted by Crippen LogP contribution is -2.03. The lowest BCUT2D eigenvalue weighted by molar-refractivity contribution is 0.277. The van der Waals surface area contributed by atoms with Gasteiger partial charge in [0.1, 0.15) is 11.4 Å². The molecule has 0 spiro atoms. The summed E-state index contributed by atoms with van der Waals surface area (Å²) in [7, 11) is 0. The number of benzene rings is 2. The van der Waals surface area contributed by atoms with Crippen molar-refractivity contribution in [2.45, 2.75) is 6.61 Å². The third-order valence-electron chi connectivity index (χ3n) is 3.18. The molecule has 2 aromatic carbocycles. The number of hydrogen-bond acceptors (Lipinski definition) is 3. The molecule has 22 heavy (non-hydrogen) atoms. The Kier molecular flexibility index (Phi) is 3.64. The summed E-state index contributed by atoms with van der Waals surface area (Å²) in [5.41, 5.74) is 0.462. The highest BCUT2D eigenvalue weighted by Crippen LogP contribution is 2.29. The van der Waals surface area contributed by atoms with Crippen molar-refractivity contribution in [3.8, 4) is 16.9 Å². The second-order valence-electron chi connectivity index (χ2n) is 4.51. The molecule has 0 saturated heterocycles. The summed E-state index contributed by atoms with van der Waals surface area (Å²) in [5, 5.41) is 17.0. The van der Waals surface area contributed by atoms with Gasteiger partial charge in [0, 0.05) is 5.56 Å². The van der Waals surface area contributed by atoms with Crippen molar-refractivity contribution in [1.29, 1.82) is 0 Å². The van der Waals surface area contributed by atoms with Gasteiger partial charge in [-0.3, -0.25) is 0 Å². The number of hydrogen-bond donors (Lipinski definition) is 1. The van der Waals surface area contributed by atoms with E-state index >= 15 is 0 Å². The average Bonchev–Trinajstić information content (AvgIpc) is 2.97. The molecule has 0 unspecified atom stereocenters. The van der Waals surface area contributed by atoms with Gasteiger partial charge in [-0.25, -0.2) is 17.9 Å². The van der Waals surface area contributed by atoms with Crippen LogP contribution in [0.4, 0.5) is 13.2 Å². The van der Waals surface area contributed by atoms with E-state index in [-0.39, 0.29) is 17.0 Å². The highest BCUT2D eigenvalue weighted by atomic mass is 19.2. The van der Waals surface area contributed by atoms with Gasteiger partial charge in [-0.15, -0.1) is 5.10 Å². The molecule has 0 aliphatic rings. The molecule has 1 heterocycles. The van der Waals surface area contributed by atoms with Crippen LogP contribution in [0.2, 0.25) is 0 Å². The molecule has 3 aromatic rings. The van der Waals surface area contributed by atoms with E-state index in [1.54, 1.807) is 30.3 Å². The lowest BCUT2D eigenvalue weighted by atomic mass is 10.1. The summed E-state index contributed by atoms with van der Waals surface area (Å²) >= 11 is 0. The fourth-order valence-electron chi connectivity index (χ4n) is 2.15. The number of halogens is 3. The topological polar surface area (TPSA) is 50.9 Å². The number of aromatic nitrogens is 3. The van der Waals surface area contributed by atoms with Crippen molar-refractivity contribution < 1.29 is 18.3 Å². The molecular weight excluding hydrogens is 295 g/mol. The fraction of sp³-hybridized carbons (Fsp3) is 0.0667. The first-order valence-corrected chi connectivity index (χ1v) is 6.38. The number of aliphatic hydroxyl groups excluding tert-OH is 1. The fourth-order valence-corrected chi connectivity index (χ4v) is 2.15. The molecule has 0 radical (unpaired) electrons. The second-order valence-corrected chi connectivity index (χ2v) is 4.51. The predicted octanol–water partition coefficient (Wildman–Crippen LogP) is 2.84. The summed E-state index contributed by atoms with van der Waals surface area (Å²) in [6.45, 7) is -0.513. The van der Waals surface area contributed by atoms with E-state index in [0.29, 0.717) is 5.69 Å². The van der Waals surface area contributed by atoms with Crippen LogP contribution in [0, 0.1) is 17.5 Å². The number of nitrogens with zero attached hydrogens (tertiary/aromatic N) is 3. The van der Waals surface area contributed by atoms with Crippen molar-refractivity contribution in [2.24, 2.45) is 0 Å². The Labute approximate surface area is 123 Å². The SMILES string of the molecule is OCc1nnn(-c2ccccc2)c1-c1ccc(F)c(F)c1F. The van der Waals surface area contributed by atoms with Crippen LogP contribution >= 0.6 is 0 Å². The van der Waals surface area contributed by atoms with Crippen LogP contribution in [0.5, 0.6) is 0 Å². The summed E-state index contributed by atoms with van der Waals surface area (Å²) in [6.07, 6.45) is 0. The van der Waals surface area contributed by atoms with Gasteiger partial charge >= 0.3 is 0 Å². The Morgan fingerprint density at radius 3 is 2.36 bits per heavy atom. The van der Waals surface area contributed by atoms with Crippen LogP contribution < -0.4 is 0 Å². The van der Waals surface area contributed by atoms with E-state index in [2.05, 4.69) is 10.3 Å². The van der Waals surface area contributed by atoms with Crippen LogP contribution in [-0.4, -0.2) is 20.1 Å². The van der Waals surface area contributed by atoms with Gasteiger partial charge in [0.2, 0.25) is 0 Å². The number of para-hydroxylation sites is 1. The van der Waals surface area contributed by atoms with Crippen molar-refractivity contribution >= 4 is 0 Å². The standard InChI is InChI=1S/C15H10F3N3O/c16-11-7-6-10(13(17)14(11)18)15-12(8-22)19-20-21(15)9-4-2-1-3-5-9/h1-7,22H,8H2. The Hall–Kier alpha value is -2.67. The number of aliphatic hydroxyl groups is 1. The van der Waals surface area contributed by atoms with Gasteiger partial charge in [0.25, 0.3) is 0 Å². The Morgan fingerprint density at radius 2 is 1.68 bits per heavy atom. The summed E-state index contributed by atoms with van der Waals surface area (Å²) in [5.74, 6) is -4.22. The van der Waals surface area contributed by atoms with E-state index in [9.17, 15) is 18.3 Å². The third-order valence-corrected chi connectivity index (χ3v) is 3.18. The molecule has 0 bridgehead atoms. The van der Waals surface area contributed by atoms with E-state index in [1.807, 2.05) is 0 Å². The average molecular weight is 305 g/mol. The van der Waals surface area contributed by atoms with E-state index in [4.69, 9.17) is 0 Å². The maximum atomic E-state index is 14.1. The molecule has 0 aliphatic carbocycles. The van der Waals surface area contributed by atoms with Gasteiger partial charge in [-0.05, 0) is 24.3 Å². The van der Waals surface area contributed by atoms with Gasteiger partial charge < -0.3 is 5.11 Å². The largest absolute Gasteiger partial charge is 0.390 e. The van der Waals surface area contributed by atoms with Crippen LogP contribution in [0.15, 0.2) is 42.5 Å². The first-order chi connectivity index (χ1) is 10.6. The van der Waals surface area contributed by atoms with Crippen LogP contribution in [0.1, 0.15) is 5.69 Å². The maximum Gasteiger partial charge on any atom is 0.195 e. The van der Waals surface area contributed by atoms with E-state index < -0.39 is 24.1 Å². The van der Waals surface area contributed by atoms with Crippen LogP contribution in [0.3, 0.4) is 0 Å². The molecule has 4 nitrogen and oxygen atoms in total. The molecule has 0 fully saturated rings. The zero-order valence-electron chi connectivity index (χ0n) is 11.2. The van der Waals surface area contributed by atoms with Gasteiger partial charge in [0.15, 0.2) is 17.5 Å². The minimum Gasteiger partial charge on any atom is -0.390 e. The Bertz CT molecular complexity index is 818. The summed E-state index contributed by atoms with van der Waals surface area (Å²) in [6, 6.07) is 10.5. The van der Waals surface area contributed by atoms with Gasteiger partial charge in [0.05, 0.1) is 12.3 Å². The van der Waals surface area contributed by atoms with Crippen molar-refractivity contribution in [3.05, 3.63) is 65.6 Å². The minimum atomic E-state index is -1.58. The zero-order valence-corrected chi connectivity index (χ0v) is 11.2. The molecule has 0 saturated carbocycles. The molecule has 0 aliphatic heterocycles. The van der Waals surface area contributed by atoms with Crippen molar-refractivity contribution in [1.82, 2.24) is 15.0 Å². The molecule has 1 N–H and O–H groups in total. The van der Waals surface area contributed by atoms with Gasteiger partial charge in [-0.1, -0.05) is 23.4 Å². The molecule has 7 heteroatoms. The summed E-state index contributed by atoms with van der Waals surface area (Å²) in [4.78, 5) is 0. The first kappa shape index (κ1) is 14.3. The highest BCUT2D eigenvalue weighted by Gasteiger charge is 2.22. The summed E-state index contributed by atoms with van der Waals surface area (Å²) < 4.78 is 41.9. The maximum absolute atomic E-state index is 14.1. The van der Waals surface area contributed by atoms with E-state index in [1.165, 1.54) is 4.68 Å². The molecule has 0 atom stereocenters. The Balaban J connectivity index is 2.27. The molecule has 1 aromatic heterocycles. The third kappa shape index (κ3) is 2.25. The second kappa shape index (κ2) is 5.61. The van der Waals surface area contributed by atoms with Crippen molar-refractivity contribution in [2.75, 3.05) is 0 Å². The van der Waals surface area contributed by atoms with Gasteiger partial charge in [-0.2, -0.15) is 0 Å². The Morgan fingerprint density at radius 1 is 0.955 bits per heavy atom. The highest BCUT2D eigenvalue weighted by molar-refractivity contribution is 5.65. The first-order valence-electron chi connectivity index (χ1n) is 6.38. The van der Waals surface area contributed by atoms with E-state index in [0.717, 1.165) is 12.1 Å². The van der Waals surface area contributed by atoms with Crippen LogP contribution in [-0.2, 0) is 6.61 Å². The monoisotopic (exact) mass is 305 g/mol. The smallest absolute Gasteiger partial charge is 0.195 e. The van der Waals surface area contributed by atoms with Crippen LogP contribution in [0.25, 0.3) is 16.9 Å². The quantitative estimate of drug-likeness (QED) is 0.757. The molecule has 0 amide bonds. The molecule has 3 rings (SSSR count). The predicted molar refractivity (Wildman–Crippen MR) is 72.6 cm³/mol.